The Morgan fingerprint density at radius 2 is 1.89 bits per heavy atom. The third-order valence-corrected chi connectivity index (χ3v) is 1.21. The van der Waals surface area contributed by atoms with E-state index in [1.54, 1.807) is 0 Å². The van der Waals surface area contributed by atoms with Crippen molar-refractivity contribution < 1.29 is 21.9 Å². The highest BCUT2D eigenvalue weighted by Crippen LogP contribution is 2.19. The molecule has 2 atom stereocenters. The molecular weight excluding hydrogens is 159 g/mol. The molecule has 0 amide bonds. The van der Waals surface area contributed by atoms with E-state index in [0.29, 0.717) is 0 Å². The van der Waals surface area contributed by atoms with Gasteiger partial charge in [0.15, 0.2) is 5.37 Å². The van der Waals surface area contributed by atoms with Crippen molar-refractivity contribution >= 4 is 11.1 Å². The van der Waals surface area contributed by atoms with E-state index in [0.717, 1.165) is 0 Å². The van der Waals surface area contributed by atoms with Crippen LogP contribution in [-0.4, -0.2) is 20.3 Å². The Morgan fingerprint density at radius 3 is 1.89 bits per heavy atom. The quantitative estimate of drug-likeness (QED) is 0.539. The van der Waals surface area contributed by atoms with Gasteiger partial charge < -0.3 is 10.3 Å². The number of hydrogen-bond acceptors (Lipinski definition) is 3. The van der Waals surface area contributed by atoms with Gasteiger partial charge in [-0.1, -0.05) is 0 Å². The van der Waals surface area contributed by atoms with Gasteiger partial charge in [0.25, 0.3) is 0 Å². The summed E-state index contributed by atoms with van der Waals surface area (Å²) in [6, 6.07) is 0. The highest BCUT2D eigenvalue weighted by Gasteiger charge is 2.37. The lowest BCUT2D eigenvalue weighted by Gasteiger charge is -2.16. The molecule has 0 aromatic rings. The molecule has 0 aromatic carbocycles. The van der Waals surface area contributed by atoms with Crippen molar-refractivity contribution in [2.45, 2.75) is 11.6 Å². The number of nitrogens with two attached hydrogens (primary N) is 1. The molecule has 0 aliphatic rings. The van der Waals surface area contributed by atoms with Crippen molar-refractivity contribution in [1.82, 2.24) is 0 Å². The van der Waals surface area contributed by atoms with Gasteiger partial charge in [-0.3, -0.25) is 4.21 Å². The summed E-state index contributed by atoms with van der Waals surface area (Å²) >= 11 is -3.28. The van der Waals surface area contributed by atoms with E-state index in [9.17, 15) is 21.9 Å². The largest absolute Gasteiger partial charge is 0.771 e. The lowest BCUT2D eigenvalue weighted by molar-refractivity contribution is -0.129. The van der Waals surface area contributed by atoms with E-state index in [1.165, 1.54) is 0 Å². The zero-order chi connectivity index (χ0) is 7.65. The Kier molecular flexibility index (Phi) is 2.59. The molecular formula is C2H3F3NO2S-. The third kappa shape index (κ3) is 2.78. The minimum Gasteiger partial charge on any atom is -0.771 e. The molecule has 0 fully saturated rings. The first kappa shape index (κ1) is 8.86. The zero-order valence-corrected chi connectivity index (χ0v) is 4.83. The third-order valence-electron chi connectivity index (χ3n) is 0.530. The SMILES string of the molecule is NC(S(=O)[O-])C(F)(F)F. The smallest absolute Gasteiger partial charge is 0.414 e. The van der Waals surface area contributed by atoms with Gasteiger partial charge in [-0.25, -0.2) is 0 Å². The van der Waals surface area contributed by atoms with Crippen LogP contribution >= 0.6 is 0 Å². The number of halogens is 3. The van der Waals surface area contributed by atoms with E-state index in [4.69, 9.17) is 0 Å². The number of alkyl halides is 3. The predicted molar refractivity (Wildman–Crippen MR) is 23.0 cm³/mol. The lowest BCUT2D eigenvalue weighted by Crippen LogP contribution is -2.40. The average Bonchev–Trinajstić information content (AvgIpc) is 1.62. The molecule has 2 unspecified atom stereocenters. The summed E-state index contributed by atoms with van der Waals surface area (Å²) in [5.74, 6) is 0. The van der Waals surface area contributed by atoms with Crippen LogP contribution in [0.5, 0.6) is 0 Å². The summed E-state index contributed by atoms with van der Waals surface area (Å²) < 4.78 is 52.5. The number of rotatable bonds is 1. The molecule has 0 radical (unpaired) electrons. The van der Waals surface area contributed by atoms with Gasteiger partial charge in [-0.15, -0.1) is 0 Å². The average molecular weight is 162 g/mol. The van der Waals surface area contributed by atoms with E-state index in [2.05, 4.69) is 5.73 Å². The van der Waals surface area contributed by atoms with E-state index < -0.39 is 22.6 Å². The van der Waals surface area contributed by atoms with Gasteiger partial charge in [0, 0.05) is 0 Å². The second-order valence-electron chi connectivity index (χ2n) is 1.22. The molecule has 0 aliphatic heterocycles. The van der Waals surface area contributed by atoms with Crippen molar-refractivity contribution in [2.24, 2.45) is 5.73 Å². The molecule has 9 heavy (non-hydrogen) atoms. The molecule has 0 saturated carbocycles. The zero-order valence-electron chi connectivity index (χ0n) is 4.01. The summed E-state index contributed by atoms with van der Waals surface area (Å²) in [4.78, 5) is 0. The molecule has 0 bridgehead atoms. The van der Waals surface area contributed by atoms with Crippen LogP contribution in [0.25, 0.3) is 0 Å². The molecule has 0 heterocycles. The van der Waals surface area contributed by atoms with Gasteiger partial charge in [0.1, 0.15) is 0 Å². The van der Waals surface area contributed by atoms with Crippen LogP contribution in [-0.2, 0) is 11.1 Å². The van der Waals surface area contributed by atoms with Crippen molar-refractivity contribution in [3.8, 4) is 0 Å². The predicted octanol–water partition coefficient (Wildman–Crippen LogP) is -0.287. The maximum atomic E-state index is 11.2. The van der Waals surface area contributed by atoms with E-state index >= 15 is 0 Å². The minimum absolute atomic E-state index is 2.77. The Hall–Kier alpha value is -0.140. The molecule has 0 rings (SSSR count). The first-order valence-electron chi connectivity index (χ1n) is 1.76. The summed E-state index contributed by atoms with van der Waals surface area (Å²) in [7, 11) is 0. The summed E-state index contributed by atoms with van der Waals surface area (Å²) in [5.41, 5.74) is 4.16. The minimum atomic E-state index is -4.85. The monoisotopic (exact) mass is 162 g/mol. The van der Waals surface area contributed by atoms with Crippen LogP contribution in [0.15, 0.2) is 0 Å². The molecule has 56 valence electrons. The fourth-order valence-corrected chi connectivity index (χ4v) is 0.327. The summed E-state index contributed by atoms with van der Waals surface area (Å²) in [6.45, 7) is 0. The Balaban J connectivity index is 4.04. The molecule has 2 N–H and O–H groups in total. The van der Waals surface area contributed by atoms with Crippen LogP contribution in [0.1, 0.15) is 0 Å². The maximum absolute atomic E-state index is 11.2. The Labute approximate surface area is 51.3 Å². The van der Waals surface area contributed by atoms with Crippen LogP contribution in [0.2, 0.25) is 0 Å². The Morgan fingerprint density at radius 1 is 1.56 bits per heavy atom. The van der Waals surface area contributed by atoms with Crippen molar-refractivity contribution in [3.05, 3.63) is 0 Å². The van der Waals surface area contributed by atoms with Crippen molar-refractivity contribution in [1.29, 1.82) is 0 Å². The topological polar surface area (TPSA) is 66.2 Å². The number of hydrogen-bond donors (Lipinski definition) is 1. The standard InChI is InChI=1S/C2H4F3NO2S/c3-2(4,5)1(6)9(7)8/h1H,6H2,(H,7,8)/p-1. The van der Waals surface area contributed by atoms with Gasteiger partial charge in [-0.05, 0) is 11.1 Å². The normalized spacial score (nSPS) is 19.2. The van der Waals surface area contributed by atoms with E-state index in [-0.39, 0.29) is 0 Å². The first-order chi connectivity index (χ1) is 3.85. The summed E-state index contributed by atoms with van der Waals surface area (Å²) in [5, 5.41) is -2.77. The van der Waals surface area contributed by atoms with Crippen molar-refractivity contribution in [2.75, 3.05) is 0 Å². The van der Waals surface area contributed by atoms with Gasteiger partial charge in [0.05, 0.1) is 0 Å². The fourth-order valence-electron chi connectivity index (χ4n) is 0.109. The van der Waals surface area contributed by atoms with Gasteiger partial charge >= 0.3 is 6.18 Å². The molecule has 7 heteroatoms. The van der Waals surface area contributed by atoms with Crippen LogP contribution in [0.4, 0.5) is 13.2 Å². The second kappa shape index (κ2) is 2.63. The highest BCUT2D eigenvalue weighted by atomic mass is 32.2. The molecule has 0 aromatic heterocycles. The maximum Gasteiger partial charge on any atom is 0.414 e. The lowest BCUT2D eigenvalue weighted by atomic mass is 10.7. The first-order valence-corrected chi connectivity index (χ1v) is 2.90. The van der Waals surface area contributed by atoms with Gasteiger partial charge in [-0.2, -0.15) is 13.2 Å². The van der Waals surface area contributed by atoms with Crippen LogP contribution < -0.4 is 5.73 Å². The molecule has 3 nitrogen and oxygen atoms in total. The molecule has 0 aliphatic carbocycles. The van der Waals surface area contributed by atoms with Gasteiger partial charge in [0.2, 0.25) is 0 Å². The Bertz CT molecular complexity index is 123. The highest BCUT2D eigenvalue weighted by molar-refractivity contribution is 7.79. The molecule has 0 spiro atoms. The molecule has 0 saturated heterocycles. The van der Waals surface area contributed by atoms with Crippen LogP contribution in [0, 0.1) is 0 Å². The summed E-state index contributed by atoms with van der Waals surface area (Å²) in [6.07, 6.45) is -4.85. The fraction of sp³-hybridized carbons (Fsp3) is 1.00. The van der Waals surface area contributed by atoms with Crippen LogP contribution in [0.3, 0.4) is 0 Å². The van der Waals surface area contributed by atoms with Crippen molar-refractivity contribution in [3.63, 3.8) is 0 Å². The van der Waals surface area contributed by atoms with E-state index in [1.807, 2.05) is 0 Å². The second-order valence-corrected chi connectivity index (χ2v) is 2.25.